The van der Waals surface area contributed by atoms with E-state index in [-0.39, 0.29) is 0 Å². The van der Waals surface area contributed by atoms with Crippen LogP contribution in [-0.2, 0) is 4.82 Å². The van der Waals surface area contributed by atoms with E-state index >= 15 is 0 Å². The molecule has 0 saturated heterocycles. The van der Waals surface area contributed by atoms with Crippen LogP contribution in [0.2, 0.25) is 0 Å². The van der Waals surface area contributed by atoms with Gasteiger partial charge in [0.05, 0.1) is 0 Å². The molecule has 0 radical (unpaired) electrons. The summed E-state index contributed by atoms with van der Waals surface area (Å²) in [5, 5.41) is 32.8. The van der Waals surface area contributed by atoms with Crippen molar-refractivity contribution < 1.29 is 31.1 Å². The number of hydrogen-bond acceptors (Lipinski definition) is 5. The lowest BCUT2D eigenvalue weighted by Gasteiger charge is -1.69. The third kappa shape index (κ3) is 497. The maximum absolute atomic E-state index is 6.92. The highest BCUT2D eigenvalue weighted by Gasteiger charge is 1.78. The number of hydrogen-bond donors (Lipinski definition) is 5. The van der Waals surface area contributed by atoms with Gasteiger partial charge < -0.3 is 0 Å². The van der Waals surface area contributed by atoms with Crippen molar-refractivity contribution in [3.8, 4) is 0 Å². The first-order chi connectivity index (χ1) is 2.73. The van der Waals surface area contributed by atoms with Crippen molar-refractivity contribution in [3.63, 3.8) is 0 Å². The average Bonchev–Trinajstić information content (AvgIpc) is 1.41. The van der Waals surface area contributed by atoms with Gasteiger partial charge in [-0.2, -0.15) is 0 Å². The van der Waals surface area contributed by atoms with Crippen LogP contribution in [0.3, 0.4) is 0 Å². The lowest BCUT2D eigenvalue weighted by atomic mass is 14.3. The molecule has 0 fully saturated rings. The van der Waals surface area contributed by atoms with Crippen molar-refractivity contribution in [1.29, 1.82) is 0 Å². The summed E-state index contributed by atoms with van der Waals surface area (Å²) in [5.41, 5.74) is 0. The maximum Gasteiger partial charge on any atom is 0.127 e. The topological polar surface area (TPSA) is 104 Å². The Balaban J connectivity index is 0. The minimum atomic E-state index is -0.417. The Hall–Kier alpha value is -0.240. The van der Waals surface area contributed by atoms with Crippen LogP contribution in [0.4, 0.5) is 0 Å². The summed E-state index contributed by atoms with van der Waals surface area (Å²) in [7, 11) is 0. The molecule has 0 rings (SSSR count). The monoisotopic (exact) mass is 101 g/mol. The van der Waals surface area contributed by atoms with Gasteiger partial charge in [0.25, 0.3) is 0 Å². The van der Waals surface area contributed by atoms with Crippen LogP contribution < -0.4 is 0 Å². The second-order valence-corrected chi connectivity index (χ2v) is 0.245. The van der Waals surface area contributed by atoms with Crippen molar-refractivity contribution in [1.82, 2.24) is 0 Å². The standard InChI is InChI=1S/H3O4.H2O2/c1-4(2)3;1-2/h1-3H;1-2H/q+1;. The molecule has 0 saturated carbocycles. The molecule has 0 atom stereocenters. The highest BCUT2D eigenvalue weighted by molar-refractivity contribution is 2.69. The largest absolute Gasteiger partial charge is 0.255 e. The van der Waals surface area contributed by atoms with E-state index in [0.29, 0.717) is 0 Å². The Labute approximate surface area is 32.5 Å². The van der Waals surface area contributed by atoms with Crippen molar-refractivity contribution in [2.45, 2.75) is 0 Å². The highest BCUT2D eigenvalue weighted by Crippen LogP contribution is 1.56. The molecule has 6 heavy (non-hydrogen) atoms. The first-order valence-corrected chi connectivity index (χ1v) is 0.748. The van der Waals surface area contributed by atoms with Crippen LogP contribution in [0.25, 0.3) is 0 Å². The second-order valence-electron chi connectivity index (χ2n) is 0.245. The molecule has 0 amide bonds. The van der Waals surface area contributed by atoms with Crippen LogP contribution in [0, 0.1) is 0 Å². The molecular weight excluding hydrogens is 96.0 g/mol. The van der Waals surface area contributed by atoms with E-state index < -0.39 is 4.82 Å². The van der Waals surface area contributed by atoms with Crippen LogP contribution >= 0.6 is 0 Å². The summed E-state index contributed by atoms with van der Waals surface area (Å²) in [6.45, 7) is 0. The molecule has 0 aliphatic carbocycles. The lowest BCUT2D eigenvalue weighted by Crippen LogP contribution is -1.91. The molecule has 5 N–H and O–H groups in total. The molecule has 0 bridgehead atoms. The summed E-state index contributed by atoms with van der Waals surface area (Å²) < 4.78 is 0. The summed E-state index contributed by atoms with van der Waals surface area (Å²) in [6.07, 6.45) is 0. The molecule has 0 unspecified atom stereocenters. The van der Waals surface area contributed by atoms with Crippen molar-refractivity contribution in [3.05, 3.63) is 0 Å². The van der Waals surface area contributed by atoms with Crippen molar-refractivity contribution in [2.75, 3.05) is 0 Å². The lowest BCUT2D eigenvalue weighted by molar-refractivity contribution is -0.781. The first kappa shape index (κ1) is 9.23. The van der Waals surface area contributed by atoms with Gasteiger partial charge in [0.2, 0.25) is 0 Å². The van der Waals surface area contributed by atoms with E-state index in [2.05, 4.69) is 0 Å². The average molecular weight is 101 g/mol. The van der Waals surface area contributed by atoms with Crippen molar-refractivity contribution >= 4 is 0 Å². The Morgan fingerprint density at radius 2 is 0.833 bits per heavy atom. The highest BCUT2D eigenvalue weighted by atomic mass is 17.7. The molecular formula is H5O6+. The van der Waals surface area contributed by atoms with E-state index in [4.69, 9.17) is 26.3 Å². The Morgan fingerprint density at radius 3 is 0.833 bits per heavy atom. The fourth-order valence-electron chi connectivity index (χ4n) is 0. The van der Waals surface area contributed by atoms with E-state index in [1.54, 1.807) is 0 Å². The summed E-state index contributed by atoms with van der Waals surface area (Å²) in [5.74, 6) is 0. The molecule has 0 spiro atoms. The van der Waals surface area contributed by atoms with Crippen LogP contribution in [-0.4, -0.2) is 26.3 Å². The summed E-state index contributed by atoms with van der Waals surface area (Å²) in [4.78, 5) is -0.417. The molecule has 0 aromatic heterocycles. The molecule has 6 heteroatoms. The van der Waals surface area contributed by atoms with E-state index in [1.807, 2.05) is 0 Å². The molecule has 6 nitrogen and oxygen atoms in total. The molecule has 0 aliphatic rings. The van der Waals surface area contributed by atoms with Gasteiger partial charge >= 0.3 is 0 Å². The minimum Gasteiger partial charge on any atom is -0.255 e. The summed E-state index contributed by atoms with van der Waals surface area (Å²) in [6, 6.07) is 0. The van der Waals surface area contributed by atoms with Gasteiger partial charge in [0.1, 0.15) is 4.82 Å². The van der Waals surface area contributed by atoms with Crippen molar-refractivity contribution in [2.24, 2.45) is 0 Å². The third-order valence-corrected chi connectivity index (χ3v) is 0. The number of rotatable bonds is 0. The van der Waals surface area contributed by atoms with Gasteiger partial charge in [-0.25, -0.2) is 0 Å². The van der Waals surface area contributed by atoms with Crippen LogP contribution in [0.1, 0.15) is 0 Å². The fraction of sp³-hybridized carbons (Fsp3) is 0. The van der Waals surface area contributed by atoms with Gasteiger partial charge in [-0.1, -0.05) is 0 Å². The molecule has 0 aliphatic heterocycles. The van der Waals surface area contributed by atoms with E-state index in [0.717, 1.165) is 0 Å². The predicted octanol–water partition coefficient (Wildman–Crippen LogP) is -0.0249. The quantitative estimate of drug-likeness (QED) is 0.167. The van der Waals surface area contributed by atoms with Crippen LogP contribution in [0.5, 0.6) is 0 Å². The molecule has 40 valence electrons. The zero-order valence-electron chi connectivity index (χ0n) is 2.64. The Bertz CT molecular complexity index is 4.75. The van der Waals surface area contributed by atoms with Crippen LogP contribution in [0.15, 0.2) is 0 Å². The SMILES string of the molecule is OO.O[O+](O)O. The molecule has 0 aromatic carbocycles. The van der Waals surface area contributed by atoms with Gasteiger partial charge in [-0.3, -0.25) is 10.5 Å². The zero-order valence-corrected chi connectivity index (χ0v) is 2.64. The minimum absolute atomic E-state index is 0.417. The maximum atomic E-state index is 6.92. The van der Waals surface area contributed by atoms with Gasteiger partial charge in [0.15, 0.2) is 0 Å². The van der Waals surface area contributed by atoms with E-state index in [9.17, 15) is 0 Å². The fourth-order valence-corrected chi connectivity index (χ4v) is 0. The first-order valence-electron chi connectivity index (χ1n) is 0.748. The Kier molecular flexibility index (Phi) is 13.6. The van der Waals surface area contributed by atoms with Gasteiger partial charge in [-0.15, -0.1) is 0 Å². The van der Waals surface area contributed by atoms with E-state index in [1.165, 1.54) is 0 Å². The normalized spacial score (nSPS) is 7.00. The Morgan fingerprint density at radius 1 is 0.833 bits per heavy atom. The van der Waals surface area contributed by atoms with Gasteiger partial charge in [0, 0.05) is 0 Å². The zero-order chi connectivity index (χ0) is 5.58. The predicted molar refractivity (Wildman–Crippen MR) is 14.2 cm³/mol. The van der Waals surface area contributed by atoms with Gasteiger partial charge in [-0.05, 0) is 15.8 Å². The second kappa shape index (κ2) is 8.83. The smallest absolute Gasteiger partial charge is 0.127 e. The third-order valence-electron chi connectivity index (χ3n) is 0. The molecule has 0 heterocycles. The molecule has 0 aromatic rings. The summed E-state index contributed by atoms with van der Waals surface area (Å²) >= 11 is 0.